The van der Waals surface area contributed by atoms with Crippen LogP contribution in [0.1, 0.15) is 43.7 Å². The summed E-state index contributed by atoms with van der Waals surface area (Å²) in [6, 6.07) is 14.4. The van der Waals surface area contributed by atoms with E-state index in [0.29, 0.717) is 13.1 Å². The fraction of sp³-hybridized carbons (Fsp3) is 0.417. The smallest absolute Gasteiger partial charge is 0.407 e. The average molecular weight is 490 g/mol. The summed E-state index contributed by atoms with van der Waals surface area (Å²) >= 11 is 0. The number of alkyl carbamates (subject to hydrolysis) is 1. The Morgan fingerprint density at radius 3 is 2.00 bits per heavy atom. The first-order valence-corrected chi connectivity index (χ1v) is 13.1. The lowest BCUT2D eigenvalue weighted by molar-refractivity contribution is -0.140. The Bertz CT molecular complexity index is 989. The van der Waals surface area contributed by atoms with Gasteiger partial charge in [0.1, 0.15) is 6.61 Å². The summed E-state index contributed by atoms with van der Waals surface area (Å²) in [6.45, 7) is 4.27. The molecular formula is C24H32N3O6P. The Morgan fingerprint density at radius 2 is 1.50 bits per heavy atom. The topological polar surface area (TPSA) is 126 Å². The molecule has 2 aromatic rings. The molecule has 0 radical (unpaired) electrons. The molecule has 1 aliphatic rings. The summed E-state index contributed by atoms with van der Waals surface area (Å²) in [7, 11) is -3.45. The molecule has 1 amide bonds. The van der Waals surface area contributed by atoms with Crippen molar-refractivity contribution in [2.75, 3.05) is 26.3 Å². The van der Waals surface area contributed by atoms with Crippen LogP contribution in [0.2, 0.25) is 0 Å². The van der Waals surface area contributed by atoms with Crippen LogP contribution in [0.15, 0.2) is 48.5 Å². The van der Waals surface area contributed by atoms with Crippen LogP contribution in [0.4, 0.5) is 4.79 Å². The van der Waals surface area contributed by atoms with Crippen LogP contribution in [0.25, 0.3) is 11.1 Å². The molecule has 1 aliphatic carbocycles. The van der Waals surface area contributed by atoms with E-state index in [2.05, 4.69) is 15.5 Å². The van der Waals surface area contributed by atoms with Crippen molar-refractivity contribution in [1.29, 1.82) is 0 Å². The summed E-state index contributed by atoms with van der Waals surface area (Å²) in [5.74, 6) is -1.46. The first kappa shape index (κ1) is 25.9. The van der Waals surface area contributed by atoms with Gasteiger partial charge < -0.3 is 19.7 Å². The molecule has 2 aromatic carbocycles. The number of nitrogens with one attached hydrogen (secondary N) is 3. The largest absolute Gasteiger partial charge is 0.480 e. The second-order valence-electron chi connectivity index (χ2n) is 8.02. The van der Waals surface area contributed by atoms with E-state index in [0.717, 1.165) is 35.1 Å². The van der Waals surface area contributed by atoms with Gasteiger partial charge in [0.25, 0.3) is 0 Å². The number of carbonyl (C=O) groups is 2. The normalized spacial score (nSPS) is 13.7. The van der Waals surface area contributed by atoms with Crippen molar-refractivity contribution in [3.05, 3.63) is 59.7 Å². The van der Waals surface area contributed by atoms with Gasteiger partial charge in [-0.2, -0.15) is 0 Å². The second-order valence-corrected chi connectivity index (χ2v) is 10.0. The summed E-state index contributed by atoms with van der Waals surface area (Å²) in [5, 5.41) is 17.4. The van der Waals surface area contributed by atoms with Gasteiger partial charge in [-0.25, -0.2) is 19.8 Å². The van der Waals surface area contributed by atoms with Crippen LogP contribution in [0.3, 0.4) is 0 Å². The highest BCUT2D eigenvalue weighted by Crippen LogP contribution is 2.44. The molecule has 9 nitrogen and oxygen atoms in total. The molecule has 10 heteroatoms. The van der Waals surface area contributed by atoms with Crippen LogP contribution in [0, 0.1) is 0 Å². The summed E-state index contributed by atoms with van der Waals surface area (Å²) in [5.41, 5.74) is 4.30. The Balaban J connectivity index is 1.60. The second kappa shape index (κ2) is 12.1. The average Bonchev–Trinajstić information content (AvgIpc) is 3.16. The van der Waals surface area contributed by atoms with Crippen molar-refractivity contribution in [3.63, 3.8) is 0 Å². The van der Waals surface area contributed by atoms with Crippen molar-refractivity contribution in [3.8, 4) is 11.1 Å². The fourth-order valence-electron chi connectivity index (χ4n) is 3.80. The van der Waals surface area contributed by atoms with Crippen LogP contribution >= 0.6 is 7.67 Å². The van der Waals surface area contributed by atoms with Crippen molar-refractivity contribution in [2.45, 2.75) is 38.6 Å². The van der Waals surface area contributed by atoms with Gasteiger partial charge in [0.15, 0.2) is 6.04 Å². The molecule has 4 N–H and O–H groups in total. The van der Waals surface area contributed by atoms with Crippen molar-refractivity contribution < 1.29 is 28.5 Å². The molecule has 0 bridgehead atoms. The van der Waals surface area contributed by atoms with Crippen LogP contribution in [-0.4, -0.2) is 49.5 Å². The predicted molar refractivity (Wildman–Crippen MR) is 130 cm³/mol. The fourth-order valence-corrected chi connectivity index (χ4v) is 5.49. The van der Waals surface area contributed by atoms with Crippen molar-refractivity contribution in [1.82, 2.24) is 15.5 Å². The molecule has 3 rings (SSSR count). The van der Waals surface area contributed by atoms with E-state index in [9.17, 15) is 19.3 Å². The quantitative estimate of drug-likeness (QED) is 0.310. The molecule has 0 fully saturated rings. The van der Waals surface area contributed by atoms with E-state index in [1.165, 1.54) is 0 Å². The summed E-state index contributed by atoms with van der Waals surface area (Å²) < 4.78 is 23.7. The zero-order chi connectivity index (χ0) is 24.6. The maximum atomic E-state index is 12.9. The highest BCUT2D eigenvalue weighted by atomic mass is 31.2. The molecule has 0 aromatic heterocycles. The van der Waals surface area contributed by atoms with Gasteiger partial charge in [-0.3, -0.25) is 4.57 Å². The minimum atomic E-state index is -3.45. The lowest BCUT2D eigenvalue weighted by Crippen LogP contribution is -2.45. The van der Waals surface area contributed by atoms with E-state index in [1.54, 1.807) is 0 Å². The van der Waals surface area contributed by atoms with Crippen molar-refractivity contribution >= 4 is 19.7 Å². The standard InChI is InChI=1S/C24H32N3O6P/c1-3-13-25-34(31,26-14-4-2)33-16-22(23(28)29)27-24(30)32-15-21-19-11-7-5-9-17(19)18-10-6-8-12-20(18)21/h5-12,21-22H,3-4,13-16H2,1-2H3,(H,27,30)(H,28,29)(H2,25,26,31). The highest BCUT2D eigenvalue weighted by Gasteiger charge is 2.31. The molecule has 0 aliphatic heterocycles. The van der Waals surface area contributed by atoms with Gasteiger partial charge in [-0.15, -0.1) is 0 Å². The number of carboxylic acids is 1. The third-order valence-electron chi connectivity index (χ3n) is 5.50. The molecule has 0 heterocycles. The van der Waals surface area contributed by atoms with Crippen LogP contribution in [-0.2, 0) is 18.6 Å². The SMILES string of the molecule is CCCNP(=O)(NCCC)OCC(NC(=O)OCC1c2ccccc2-c2ccccc21)C(=O)O. The van der Waals surface area contributed by atoms with Crippen LogP contribution in [0.5, 0.6) is 0 Å². The molecule has 184 valence electrons. The zero-order valence-electron chi connectivity index (χ0n) is 19.5. The third-order valence-corrected chi connectivity index (χ3v) is 7.29. The molecule has 1 unspecified atom stereocenters. The van der Waals surface area contributed by atoms with E-state index in [4.69, 9.17) is 9.26 Å². The number of fused-ring (bicyclic) bond motifs is 3. The van der Waals surface area contributed by atoms with Gasteiger partial charge in [0.2, 0.25) is 0 Å². The lowest BCUT2D eigenvalue weighted by atomic mass is 9.98. The van der Waals surface area contributed by atoms with Gasteiger partial charge >= 0.3 is 19.7 Å². The number of benzene rings is 2. The maximum Gasteiger partial charge on any atom is 0.407 e. The number of hydrogen-bond acceptors (Lipinski definition) is 5. The maximum absolute atomic E-state index is 12.9. The van der Waals surface area contributed by atoms with Gasteiger partial charge in [0.05, 0.1) is 6.61 Å². The Kier molecular flexibility index (Phi) is 9.24. The molecule has 1 atom stereocenters. The highest BCUT2D eigenvalue weighted by molar-refractivity contribution is 7.54. The number of ether oxygens (including phenoxy) is 1. The number of aliphatic carboxylic acids is 1. The van der Waals surface area contributed by atoms with Crippen molar-refractivity contribution in [2.24, 2.45) is 0 Å². The lowest BCUT2D eigenvalue weighted by Gasteiger charge is -2.22. The first-order chi connectivity index (χ1) is 16.4. The molecular weight excluding hydrogens is 457 g/mol. The summed E-state index contributed by atoms with van der Waals surface area (Å²) in [6.07, 6.45) is 0.568. The number of hydrogen-bond donors (Lipinski definition) is 4. The minimum absolute atomic E-state index is 0.0572. The number of carbonyl (C=O) groups excluding carboxylic acids is 1. The Labute approximate surface area is 199 Å². The van der Waals surface area contributed by atoms with Gasteiger partial charge in [-0.05, 0) is 35.1 Å². The van der Waals surface area contributed by atoms with Gasteiger partial charge in [-0.1, -0.05) is 62.4 Å². The summed E-state index contributed by atoms with van der Waals surface area (Å²) in [4.78, 5) is 24.1. The predicted octanol–water partition coefficient (Wildman–Crippen LogP) is 4.10. The van der Waals surface area contributed by atoms with Gasteiger partial charge in [0, 0.05) is 19.0 Å². The Morgan fingerprint density at radius 1 is 0.971 bits per heavy atom. The monoisotopic (exact) mass is 489 g/mol. The van der Waals surface area contributed by atoms with E-state index < -0.39 is 32.4 Å². The zero-order valence-corrected chi connectivity index (χ0v) is 20.3. The minimum Gasteiger partial charge on any atom is -0.480 e. The molecule has 0 saturated heterocycles. The van der Waals surface area contributed by atoms with E-state index >= 15 is 0 Å². The first-order valence-electron chi connectivity index (χ1n) is 11.5. The van der Waals surface area contributed by atoms with E-state index in [-0.39, 0.29) is 12.5 Å². The molecule has 0 saturated carbocycles. The number of rotatable bonds is 13. The van der Waals surface area contributed by atoms with E-state index in [1.807, 2.05) is 62.4 Å². The molecule has 34 heavy (non-hydrogen) atoms. The van der Waals surface area contributed by atoms with Crippen LogP contribution < -0.4 is 15.5 Å². The Hall–Kier alpha value is -2.71. The molecule has 0 spiro atoms. The third kappa shape index (κ3) is 6.45. The number of amides is 1. The number of carboxylic acid groups (broad SMARTS) is 1.